The highest BCUT2D eigenvalue weighted by atomic mass is 16.5. The molecule has 1 aliphatic rings. The van der Waals surface area contributed by atoms with E-state index in [-0.39, 0.29) is 6.04 Å². The van der Waals surface area contributed by atoms with Crippen molar-refractivity contribution in [2.75, 3.05) is 13.2 Å². The number of urea groups is 1. The first-order valence-corrected chi connectivity index (χ1v) is 3.43. The van der Waals surface area contributed by atoms with Crippen molar-refractivity contribution in [2.24, 2.45) is 5.73 Å². The fourth-order valence-corrected chi connectivity index (χ4v) is 1.06. The van der Waals surface area contributed by atoms with Gasteiger partial charge in [0.25, 0.3) is 0 Å². The highest BCUT2D eigenvalue weighted by Crippen LogP contribution is 2.04. The van der Waals surface area contributed by atoms with Gasteiger partial charge in [0.2, 0.25) is 0 Å². The molecule has 4 nitrogen and oxygen atoms in total. The first-order chi connectivity index (χ1) is 4.79. The van der Waals surface area contributed by atoms with Crippen LogP contribution >= 0.6 is 0 Å². The summed E-state index contributed by atoms with van der Waals surface area (Å²) in [6, 6.07) is -0.332. The quantitative estimate of drug-likeness (QED) is 0.536. The summed E-state index contributed by atoms with van der Waals surface area (Å²) >= 11 is 0. The molecule has 1 atom stereocenters. The van der Waals surface area contributed by atoms with Gasteiger partial charge in [-0.05, 0) is 12.8 Å². The van der Waals surface area contributed by atoms with Crippen LogP contribution in [0, 0.1) is 0 Å². The minimum absolute atomic E-state index is 0.131. The molecule has 1 fully saturated rings. The summed E-state index contributed by atoms with van der Waals surface area (Å²) in [5, 5.41) is 2.60. The summed E-state index contributed by atoms with van der Waals surface area (Å²) in [6.07, 6.45) is 1.98. The van der Waals surface area contributed by atoms with Crippen molar-refractivity contribution in [1.29, 1.82) is 0 Å². The van der Waals surface area contributed by atoms with E-state index in [2.05, 4.69) is 5.32 Å². The maximum atomic E-state index is 10.3. The van der Waals surface area contributed by atoms with Gasteiger partial charge in [0, 0.05) is 6.61 Å². The van der Waals surface area contributed by atoms with Crippen LogP contribution < -0.4 is 11.1 Å². The van der Waals surface area contributed by atoms with E-state index in [1.54, 1.807) is 0 Å². The maximum Gasteiger partial charge on any atom is 0.312 e. The molecule has 0 radical (unpaired) electrons. The summed E-state index contributed by atoms with van der Waals surface area (Å²) < 4.78 is 5.11. The lowest BCUT2D eigenvalue weighted by molar-refractivity contribution is 0.0737. The predicted octanol–water partition coefficient (Wildman–Crippen LogP) is -0.166. The third-order valence-electron chi connectivity index (χ3n) is 1.51. The second-order valence-corrected chi connectivity index (χ2v) is 2.42. The molecule has 3 N–H and O–H groups in total. The van der Waals surface area contributed by atoms with E-state index in [0.29, 0.717) is 6.61 Å². The molecular formula is C6H12N2O2. The van der Waals surface area contributed by atoms with E-state index in [1.165, 1.54) is 0 Å². The van der Waals surface area contributed by atoms with Crippen LogP contribution in [0.4, 0.5) is 4.79 Å². The summed E-state index contributed by atoms with van der Waals surface area (Å²) in [5.41, 5.74) is 4.92. The summed E-state index contributed by atoms with van der Waals surface area (Å²) in [6.45, 7) is 1.40. The topological polar surface area (TPSA) is 64.4 Å². The van der Waals surface area contributed by atoms with Gasteiger partial charge in [-0.15, -0.1) is 0 Å². The average molecular weight is 144 g/mol. The Balaban J connectivity index is 2.19. The molecule has 1 aliphatic heterocycles. The van der Waals surface area contributed by atoms with Gasteiger partial charge >= 0.3 is 6.03 Å². The Kier molecular flexibility index (Phi) is 2.50. The highest BCUT2D eigenvalue weighted by molar-refractivity contribution is 5.71. The van der Waals surface area contributed by atoms with Crippen LogP contribution in [0.5, 0.6) is 0 Å². The van der Waals surface area contributed by atoms with Crippen LogP contribution in [0.25, 0.3) is 0 Å². The van der Waals surface area contributed by atoms with Crippen LogP contribution in [-0.4, -0.2) is 25.3 Å². The van der Waals surface area contributed by atoms with Crippen molar-refractivity contribution in [3.8, 4) is 0 Å². The van der Waals surface area contributed by atoms with E-state index in [0.717, 1.165) is 19.4 Å². The molecule has 4 heteroatoms. The molecule has 0 saturated carbocycles. The first-order valence-electron chi connectivity index (χ1n) is 3.43. The average Bonchev–Trinajstić information content (AvgIpc) is 1.88. The van der Waals surface area contributed by atoms with E-state index in [4.69, 9.17) is 10.5 Å². The second-order valence-electron chi connectivity index (χ2n) is 2.42. The zero-order chi connectivity index (χ0) is 7.40. The van der Waals surface area contributed by atoms with Crippen LogP contribution in [0.3, 0.4) is 0 Å². The lowest BCUT2D eigenvalue weighted by atomic mass is 10.1. The monoisotopic (exact) mass is 144 g/mol. The van der Waals surface area contributed by atoms with Crippen molar-refractivity contribution in [3.05, 3.63) is 0 Å². The minimum atomic E-state index is -0.462. The van der Waals surface area contributed by atoms with Crippen LogP contribution in [0.15, 0.2) is 0 Å². The van der Waals surface area contributed by atoms with Crippen molar-refractivity contribution >= 4 is 6.03 Å². The Hall–Kier alpha value is -0.770. The number of carbonyl (C=O) groups excluding carboxylic acids is 1. The van der Waals surface area contributed by atoms with E-state index in [1.807, 2.05) is 0 Å². The molecule has 0 aromatic carbocycles. The number of hydrogen-bond donors (Lipinski definition) is 2. The van der Waals surface area contributed by atoms with Gasteiger partial charge in [0.05, 0.1) is 12.6 Å². The zero-order valence-corrected chi connectivity index (χ0v) is 5.80. The Bertz CT molecular complexity index is 121. The molecule has 0 bridgehead atoms. The number of nitrogens with two attached hydrogens (primary N) is 1. The van der Waals surface area contributed by atoms with Gasteiger partial charge in [-0.25, -0.2) is 4.79 Å². The fraction of sp³-hybridized carbons (Fsp3) is 0.833. The molecule has 0 spiro atoms. The van der Waals surface area contributed by atoms with Crippen molar-refractivity contribution < 1.29 is 9.53 Å². The Morgan fingerprint density at radius 3 is 3.00 bits per heavy atom. The van der Waals surface area contributed by atoms with Crippen LogP contribution in [0.2, 0.25) is 0 Å². The third kappa shape index (κ3) is 2.23. The molecular weight excluding hydrogens is 132 g/mol. The fourth-order valence-electron chi connectivity index (χ4n) is 1.06. The van der Waals surface area contributed by atoms with Gasteiger partial charge in [0.15, 0.2) is 0 Å². The van der Waals surface area contributed by atoms with Crippen LogP contribution in [-0.2, 0) is 4.74 Å². The lowest BCUT2D eigenvalue weighted by Crippen LogP contribution is -2.43. The van der Waals surface area contributed by atoms with E-state index < -0.39 is 6.03 Å². The molecule has 0 aromatic heterocycles. The largest absolute Gasteiger partial charge is 0.379 e. The summed E-state index contributed by atoms with van der Waals surface area (Å²) in [5.74, 6) is 0. The van der Waals surface area contributed by atoms with Gasteiger partial charge < -0.3 is 15.8 Å². The predicted molar refractivity (Wildman–Crippen MR) is 36.6 cm³/mol. The van der Waals surface area contributed by atoms with Gasteiger partial charge in [-0.2, -0.15) is 0 Å². The van der Waals surface area contributed by atoms with Gasteiger partial charge in [-0.3, -0.25) is 0 Å². The number of amides is 2. The van der Waals surface area contributed by atoms with Crippen molar-refractivity contribution in [3.63, 3.8) is 0 Å². The number of ether oxygens (including phenoxy) is 1. The molecule has 58 valence electrons. The van der Waals surface area contributed by atoms with Crippen molar-refractivity contribution in [2.45, 2.75) is 18.9 Å². The third-order valence-corrected chi connectivity index (χ3v) is 1.51. The standard InChI is InChI=1S/C6H12N2O2/c7-6(9)8-5-2-1-3-10-4-5/h5H,1-4H2,(H3,7,8,9)/t5-/m0/s1. The number of nitrogens with one attached hydrogen (secondary N) is 1. The molecule has 0 aliphatic carbocycles. The Morgan fingerprint density at radius 1 is 1.70 bits per heavy atom. The number of rotatable bonds is 1. The molecule has 1 heterocycles. The normalized spacial score (nSPS) is 25.8. The number of hydrogen-bond acceptors (Lipinski definition) is 2. The van der Waals surface area contributed by atoms with Crippen molar-refractivity contribution in [1.82, 2.24) is 5.32 Å². The Labute approximate surface area is 59.7 Å². The smallest absolute Gasteiger partial charge is 0.312 e. The SMILES string of the molecule is NC(=O)N[C@H]1CCCOC1. The number of carbonyl (C=O) groups is 1. The van der Waals surface area contributed by atoms with E-state index in [9.17, 15) is 4.79 Å². The van der Waals surface area contributed by atoms with E-state index >= 15 is 0 Å². The molecule has 1 rings (SSSR count). The zero-order valence-electron chi connectivity index (χ0n) is 5.80. The van der Waals surface area contributed by atoms with Crippen LogP contribution in [0.1, 0.15) is 12.8 Å². The molecule has 10 heavy (non-hydrogen) atoms. The summed E-state index contributed by atoms with van der Waals surface area (Å²) in [7, 11) is 0. The summed E-state index contributed by atoms with van der Waals surface area (Å²) in [4.78, 5) is 10.3. The Morgan fingerprint density at radius 2 is 2.50 bits per heavy atom. The molecule has 2 amide bonds. The lowest BCUT2D eigenvalue weighted by Gasteiger charge is -2.21. The van der Waals surface area contributed by atoms with Gasteiger partial charge in [0.1, 0.15) is 0 Å². The highest BCUT2D eigenvalue weighted by Gasteiger charge is 2.13. The molecule has 1 saturated heterocycles. The maximum absolute atomic E-state index is 10.3. The minimum Gasteiger partial charge on any atom is -0.379 e. The molecule has 0 aromatic rings. The molecule has 0 unspecified atom stereocenters. The number of primary amides is 1. The van der Waals surface area contributed by atoms with Gasteiger partial charge in [-0.1, -0.05) is 0 Å². The first kappa shape index (κ1) is 7.34. The second kappa shape index (κ2) is 3.41.